The summed E-state index contributed by atoms with van der Waals surface area (Å²) in [6.07, 6.45) is 10.0. The summed E-state index contributed by atoms with van der Waals surface area (Å²) in [6, 6.07) is 10.1. The lowest BCUT2D eigenvalue weighted by Crippen LogP contribution is -2.41. The molecule has 2 saturated heterocycles. The molecule has 0 bridgehead atoms. The largest absolute Gasteiger partial charge is 0.378 e. The standard InChI is InChI=1S/C28H33N7O2/c29-18-34-11-9-28(10-12-34)7-5-21(6-8-28)27(36)32-22-3-1-20(2-4-22)24-17-23-25(33-24)30-19-31-26(23)35-13-15-37-16-14-35/h1-4,17,19,21H,5-16H2,(H,32,36)(H,30,31,33). The van der Waals surface area contributed by atoms with Crippen LogP contribution in [0.5, 0.6) is 0 Å². The molecule has 2 aliphatic heterocycles. The highest BCUT2D eigenvalue weighted by molar-refractivity contribution is 5.94. The maximum Gasteiger partial charge on any atom is 0.227 e. The molecule has 3 aromatic rings. The summed E-state index contributed by atoms with van der Waals surface area (Å²) in [5, 5.41) is 13.3. The molecule has 192 valence electrons. The second-order valence-corrected chi connectivity index (χ2v) is 10.7. The van der Waals surface area contributed by atoms with Crippen molar-refractivity contribution in [1.29, 1.82) is 5.26 Å². The smallest absolute Gasteiger partial charge is 0.227 e. The molecule has 37 heavy (non-hydrogen) atoms. The first kappa shape index (κ1) is 23.7. The Bertz CT molecular complexity index is 1290. The van der Waals surface area contributed by atoms with Gasteiger partial charge in [-0.15, -0.1) is 0 Å². The molecule has 0 radical (unpaired) electrons. The Morgan fingerprint density at radius 2 is 1.78 bits per heavy atom. The number of nitriles is 1. The Balaban J connectivity index is 1.09. The van der Waals surface area contributed by atoms with Crippen LogP contribution in [0.3, 0.4) is 0 Å². The highest BCUT2D eigenvalue weighted by Crippen LogP contribution is 2.46. The van der Waals surface area contributed by atoms with Crippen molar-refractivity contribution in [2.24, 2.45) is 11.3 Å². The van der Waals surface area contributed by atoms with Crippen LogP contribution in [0.15, 0.2) is 36.7 Å². The molecule has 0 unspecified atom stereocenters. The molecule has 3 aliphatic rings. The molecule has 1 aliphatic carbocycles. The lowest BCUT2D eigenvalue weighted by atomic mass is 9.65. The van der Waals surface area contributed by atoms with Crippen LogP contribution in [0.25, 0.3) is 22.3 Å². The number of aromatic amines is 1. The first-order valence-corrected chi connectivity index (χ1v) is 13.3. The summed E-state index contributed by atoms with van der Waals surface area (Å²) in [5.41, 5.74) is 3.98. The number of hydrogen-bond donors (Lipinski definition) is 2. The molecule has 1 spiro atoms. The minimum absolute atomic E-state index is 0.0604. The third-order valence-electron chi connectivity index (χ3n) is 8.56. The summed E-state index contributed by atoms with van der Waals surface area (Å²) in [7, 11) is 0. The number of ether oxygens (including phenoxy) is 1. The summed E-state index contributed by atoms with van der Waals surface area (Å²) in [4.78, 5) is 29.5. The number of benzene rings is 1. The van der Waals surface area contributed by atoms with Crippen LogP contribution in [0.1, 0.15) is 38.5 Å². The number of carbonyl (C=O) groups is 1. The van der Waals surface area contributed by atoms with Gasteiger partial charge in [-0.1, -0.05) is 12.1 Å². The predicted molar refractivity (Wildman–Crippen MR) is 142 cm³/mol. The number of morpholine rings is 1. The van der Waals surface area contributed by atoms with E-state index < -0.39 is 0 Å². The average Bonchev–Trinajstić information content (AvgIpc) is 3.39. The van der Waals surface area contributed by atoms with Gasteiger partial charge in [0, 0.05) is 43.5 Å². The summed E-state index contributed by atoms with van der Waals surface area (Å²) < 4.78 is 5.48. The predicted octanol–water partition coefficient (Wildman–Crippen LogP) is 4.15. The molecule has 2 N–H and O–H groups in total. The number of hydrogen-bond acceptors (Lipinski definition) is 7. The van der Waals surface area contributed by atoms with E-state index in [1.807, 2.05) is 29.2 Å². The van der Waals surface area contributed by atoms with Gasteiger partial charge in [-0.2, -0.15) is 5.26 Å². The van der Waals surface area contributed by atoms with Gasteiger partial charge >= 0.3 is 0 Å². The van der Waals surface area contributed by atoms with Gasteiger partial charge in [-0.25, -0.2) is 9.97 Å². The summed E-state index contributed by atoms with van der Waals surface area (Å²) >= 11 is 0. The lowest BCUT2D eigenvalue weighted by Gasteiger charge is -2.44. The third kappa shape index (κ3) is 4.86. The first-order valence-electron chi connectivity index (χ1n) is 13.3. The van der Waals surface area contributed by atoms with Crippen LogP contribution in [0.4, 0.5) is 11.5 Å². The van der Waals surface area contributed by atoms with E-state index in [9.17, 15) is 4.79 Å². The van der Waals surface area contributed by atoms with E-state index in [2.05, 4.69) is 37.4 Å². The van der Waals surface area contributed by atoms with Crippen molar-refractivity contribution in [2.75, 3.05) is 49.6 Å². The fraction of sp³-hybridized carbons (Fsp3) is 0.500. The highest BCUT2D eigenvalue weighted by Gasteiger charge is 2.39. The first-order chi connectivity index (χ1) is 18.1. The minimum atomic E-state index is 0.0604. The van der Waals surface area contributed by atoms with Gasteiger partial charge in [-0.05, 0) is 67.7 Å². The maximum atomic E-state index is 13.0. The number of likely N-dealkylation sites (tertiary alicyclic amines) is 1. The second-order valence-electron chi connectivity index (χ2n) is 10.7. The molecule has 6 rings (SSSR count). The molecule has 1 aromatic carbocycles. The number of amides is 1. The second kappa shape index (κ2) is 10.0. The van der Waals surface area contributed by atoms with Gasteiger partial charge in [0.1, 0.15) is 17.8 Å². The molecule has 4 heterocycles. The van der Waals surface area contributed by atoms with Crippen molar-refractivity contribution in [1.82, 2.24) is 19.9 Å². The zero-order chi connectivity index (χ0) is 25.2. The third-order valence-corrected chi connectivity index (χ3v) is 8.56. The zero-order valence-corrected chi connectivity index (χ0v) is 21.1. The number of nitrogens with one attached hydrogen (secondary N) is 2. The van der Waals surface area contributed by atoms with Crippen LogP contribution < -0.4 is 10.2 Å². The normalized spacial score (nSPS) is 20.2. The molecule has 3 fully saturated rings. The number of aromatic nitrogens is 3. The molecule has 9 nitrogen and oxygen atoms in total. The van der Waals surface area contributed by atoms with E-state index >= 15 is 0 Å². The minimum Gasteiger partial charge on any atom is -0.378 e. The highest BCUT2D eigenvalue weighted by atomic mass is 16.5. The quantitative estimate of drug-likeness (QED) is 0.519. The van der Waals surface area contributed by atoms with Crippen LogP contribution in [0, 0.1) is 22.8 Å². The van der Waals surface area contributed by atoms with Crippen LogP contribution in [0.2, 0.25) is 0 Å². The maximum absolute atomic E-state index is 13.0. The van der Waals surface area contributed by atoms with E-state index in [1.54, 1.807) is 6.33 Å². The molecule has 0 atom stereocenters. The number of piperidine rings is 1. The van der Waals surface area contributed by atoms with Gasteiger partial charge in [0.05, 0.1) is 18.6 Å². The monoisotopic (exact) mass is 499 g/mol. The van der Waals surface area contributed by atoms with Crippen LogP contribution in [-0.2, 0) is 9.53 Å². The van der Waals surface area contributed by atoms with Crippen molar-refractivity contribution in [3.8, 4) is 17.5 Å². The summed E-state index contributed by atoms with van der Waals surface area (Å²) in [5.74, 6) is 1.11. The van der Waals surface area contributed by atoms with Gasteiger partial charge in [0.25, 0.3) is 0 Å². The van der Waals surface area contributed by atoms with E-state index in [4.69, 9.17) is 10.00 Å². The van der Waals surface area contributed by atoms with Crippen molar-refractivity contribution in [3.05, 3.63) is 36.7 Å². The van der Waals surface area contributed by atoms with Gasteiger partial charge in [0.15, 0.2) is 6.19 Å². The number of nitrogens with zero attached hydrogens (tertiary/aromatic N) is 5. The Hall–Kier alpha value is -3.64. The molecule has 1 saturated carbocycles. The van der Waals surface area contributed by atoms with Gasteiger partial charge in [-0.3, -0.25) is 4.79 Å². The van der Waals surface area contributed by atoms with Crippen molar-refractivity contribution in [3.63, 3.8) is 0 Å². The van der Waals surface area contributed by atoms with E-state index in [0.717, 1.165) is 98.5 Å². The number of rotatable bonds is 4. The Kier molecular flexibility index (Phi) is 6.43. The number of H-pyrrole nitrogens is 1. The molecule has 1 amide bonds. The molecule has 9 heteroatoms. The van der Waals surface area contributed by atoms with Crippen molar-refractivity contribution >= 4 is 28.4 Å². The van der Waals surface area contributed by atoms with Crippen LogP contribution in [-0.4, -0.2) is 65.2 Å². The average molecular weight is 500 g/mol. The topological polar surface area (TPSA) is 110 Å². The number of anilines is 2. The van der Waals surface area contributed by atoms with Crippen LogP contribution >= 0.6 is 0 Å². The van der Waals surface area contributed by atoms with Crippen molar-refractivity contribution in [2.45, 2.75) is 38.5 Å². The van der Waals surface area contributed by atoms with Crippen molar-refractivity contribution < 1.29 is 9.53 Å². The number of carbonyl (C=O) groups excluding carboxylic acids is 1. The molecule has 2 aromatic heterocycles. The Morgan fingerprint density at radius 3 is 2.49 bits per heavy atom. The zero-order valence-electron chi connectivity index (χ0n) is 21.1. The fourth-order valence-corrected chi connectivity index (χ4v) is 6.16. The lowest BCUT2D eigenvalue weighted by molar-refractivity contribution is -0.121. The Morgan fingerprint density at radius 1 is 1.05 bits per heavy atom. The van der Waals surface area contributed by atoms with E-state index in [0.29, 0.717) is 18.6 Å². The Labute approximate surface area is 216 Å². The fourth-order valence-electron chi connectivity index (χ4n) is 6.16. The SMILES string of the molecule is N#CN1CCC2(CCC(C(=O)Nc3ccc(-c4cc5c(N6CCOCC6)ncnc5[nH]4)cc3)CC2)CC1. The van der Waals surface area contributed by atoms with E-state index in [1.165, 1.54) is 0 Å². The van der Waals surface area contributed by atoms with Gasteiger partial charge < -0.3 is 24.8 Å². The molecular weight excluding hydrogens is 466 g/mol. The summed E-state index contributed by atoms with van der Waals surface area (Å²) in [6.45, 7) is 4.78. The number of fused-ring (bicyclic) bond motifs is 1. The van der Waals surface area contributed by atoms with Gasteiger partial charge in [0.2, 0.25) is 5.91 Å². The molecular formula is C28H33N7O2. The van der Waals surface area contributed by atoms with E-state index in [-0.39, 0.29) is 11.8 Å².